The van der Waals surface area contributed by atoms with Crippen LogP contribution < -0.4 is 0 Å². The van der Waals surface area contributed by atoms with Crippen LogP contribution in [0.1, 0.15) is 21.7 Å². The highest BCUT2D eigenvalue weighted by atomic mass is 127. The van der Waals surface area contributed by atoms with Gasteiger partial charge in [0.1, 0.15) is 6.61 Å². The first kappa shape index (κ1) is 13.8. The standard InChI is InChI=1S/C12H10I2N2O2/c1-8-10(13)11(15-16(8)14)12(17)18-7-9-5-3-2-4-6-9/h2-6H,7H2,1H3. The van der Waals surface area contributed by atoms with E-state index in [-0.39, 0.29) is 12.6 Å². The maximum atomic E-state index is 11.9. The molecule has 0 aliphatic rings. The Balaban J connectivity index is 2.06. The fourth-order valence-electron chi connectivity index (χ4n) is 1.38. The summed E-state index contributed by atoms with van der Waals surface area (Å²) in [7, 11) is 0. The average Bonchev–Trinajstić information content (AvgIpc) is 2.65. The molecule has 6 heteroatoms. The van der Waals surface area contributed by atoms with Gasteiger partial charge in [0.25, 0.3) is 0 Å². The summed E-state index contributed by atoms with van der Waals surface area (Å²) in [5.74, 6) is -0.387. The Morgan fingerprint density at radius 3 is 2.61 bits per heavy atom. The number of halogens is 2. The molecule has 94 valence electrons. The van der Waals surface area contributed by atoms with Crippen LogP contribution in [-0.2, 0) is 11.3 Å². The smallest absolute Gasteiger partial charge is 0.360 e. The molecule has 0 bridgehead atoms. The largest absolute Gasteiger partial charge is 0.456 e. The first-order valence-corrected chi connectivity index (χ1v) is 7.26. The van der Waals surface area contributed by atoms with Crippen LogP contribution in [-0.4, -0.2) is 14.0 Å². The number of hydrogen-bond acceptors (Lipinski definition) is 3. The molecule has 0 N–H and O–H groups in total. The summed E-state index contributed by atoms with van der Waals surface area (Å²) in [5.41, 5.74) is 2.28. The number of carbonyl (C=O) groups is 1. The molecular weight excluding hydrogens is 458 g/mol. The van der Waals surface area contributed by atoms with Gasteiger partial charge in [-0.1, -0.05) is 30.3 Å². The molecule has 0 radical (unpaired) electrons. The quantitative estimate of drug-likeness (QED) is 0.513. The summed E-state index contributed by atoms with van der Waals surface area (Å²) in [6.45, 7) is 2.18. The summed E-state index contributed by atoms with van der Waals surface area (Å²) in [6.07, 6.45) is 0. The topological polar surface area (TPSA) is 44.1 Å². The van der Waals surface area contributed by atoms with E-state index in [1.165, 1.54) is 0 Å². The fraction of sp³-hybridized carbons (Fsp3) is 0.167. The minimum absolute atomic E-state index is 0.267. The molecule has 2 rings (SSSR count). The first-order chi connectivity index (χ1) is 8.59. The lowest BCUT2D eigenvalue weighted by Crippen LogP contribution is -2.07. The predicted octanol–water partition coefficient (Wildman–Crippen LogP) is 3.35. The Kier molecular flexibility index (Phi) is 4.60. The average molecular weight is 468 g/mol. The highest BCUT2D eigenvalue weighted by Crippen LogP contribution is 2.19. The molecule has 0 fully saturated rings. The molecule has 0 unspecified atom stereocenters. The maximum Gasteiger partial charge on any atom is 0.360 e. The fourth-order valence-corrected chi connectivity index (χ4v) is 2.86. The van der Waals surface area contributed by atoms with Crippen molar-refractivity contribution in [3.8, 4) is 0 Å². The number of rotatable bonds is 3. The van der Waals surface area contributed by atoms with E-state index in [1.54, 1.807) is 2.90 Å². The van der Waals surface area contributed by atoms with Gasteiger partial charge in [-0.2, -0.15) is 5.10 Å². The third-order valence-corrected chi connectivity index (χ3v) is 4.63. The Morgan fingerprint density at radius 2 is 2.06 bits per heavy atom. The van der Waals surface area contributed by atoms with Crippen molar-refractivity contribution in [2.75, 3.05) is 0 Å². The Labute approximate surface area is 132 Å². The molecule has 0 spiro atoms. The van der Waals surface area contributed by atoms with E-state index < -0.39 is 0 Å². The molecule has 2 aromatic rings. The van der Waals surface area contributed by atoms with Crippen molar-refractivity contribution in [2.24, 2.45) is 0 Å². The Morgan fingerprint density at radius 1 is 1.39 bits per heavy atom. The van der Waals surface area contributed by atoms with E-state index in [9.17, 15) is 4.79 Å². The van der Waals surface area contributed by atoms with Gasteiger partial charge in [-0.3, -0.25) is 0 Å². The minimum atomic E-state index is -0.387. The third-order valence-electron chi connectivity index (χ3n) is 2.40. The molecule has 1 heterocycles. The van der Waals surface area contributed by atoms with Gasteiger partial charge in [0.05, 0.1) is 32.1 Å². The van der Waals surface area contributed by atoms with Crippen molar-refractivity contribution < 1.29 is 9.53 Å². The molecule has 4 nitrogen and oxygen atoms in total. The van der Waals surface area contributed by atoms with Crippen LogP contribution in [0.25, 0.3) is 0 Å². The summed E-state index contributed by atoms with van der Waals surface area (Å²) in [6, 6.07) is 9.59. The summed E-state index contributed by atoms with van der Waals surface area (Å²) in [5, 5.41) is 4.14. The second kappa shape index (κ2) is 6.00. The van der Waals surface area contributed by atoms with E-state index in [1.807, 2.05) is 60.1 Å². The van der Waals surface area contributed by atoms with E-state index in [2.05, 4.69) is 27.7 Å². The molecule has 0 aliphatic heterocycles. The van der Waals surface area contributed by atoms with Crippen LogP contribution in [0.2, 0.25) is 0 Å². The molecule has 0 amide bonds. The Bertz CT molecular complexity index is 567. The van der Waals surface area contributed by atoms with Crippen LogP contribution >= 0.6 is 45.5 Å². The second-order valence-electron chi connectivity index (χ2n) is 3.67. The lowest BCUT2D eigenvalue weighted by molar-refractivity contribution is 0.0464. The summed E-state index contributed by atoms with van der Waals surface area (Å²) < 4.78 is 7.73. The zero-order valence-electron chi connectivity index (χ0n) is 9.56. The van der Waals surface area contributed by atoms with Crippen molar-refractivity contribution in [1.82, 2.24) is 7.99 Å². The molecule has 0 saturated carbocycles. The number of ether oxygens (including phenoxy) is 1. The van der Waals surface area contributed by atoms with Crippen molar-refractivity contribution in [2.45, 2.75) is 13.5 Å². The highest BCUT2D eigenvalue weighted by Gasteiger charge is 2.19. The normalized spacial score (nSPS) is 10.4. The number of esters is 1. The van der Waals surface area contributed by atoms with Gasteiger partial charge in [0.2, 0.25) is 0 Å². The predicted molar refractivity (Wildman–Crippen MR) is 84.7 cm³/mol. The van der Waals surface area contributed by atoms with Crippen molar-refractivity contribution in [3.63, 3.8) is 0 Å². The number of nitrogens with zero attached hydrogens (tertiary/aromatic N) is 2. The Hall–Kier alpha value is -0.640. The molecule has 0 aliphatic carbocycles. The van der Waals surface area contributed by atoms with Crippen LogP contribution in [0, 0.1) is 10.5 Å². The van der Waals surface area contributed by atoms with Gasteiger partial charge in [-0.25, -0.2) is 7.69 Å². The van der Waals surface area contributed by atoms with Crippen LogP contribution in [0.5, 0.6) is 0 Å². The van der Waals surface area contributed by atoms with Crippen LogP contribution in [0.4, 0.5) is 0 Å². The number of hydrogen-bond donors (Lipinski definition) is 0. The number of carbonyl (C=O) groups excluding carboxylic acids is 1. The van der Waals surface area contributed by atoms with Crippen LogP contribution in [0.15, 0.2) is 30.3 Å². The van der Waals surface area contributed by atoms with Gasteiger partial charge < -0.3 is 4.74 Å². The highest BCUT2D eigenvalue weighted by molar-refractivity contribution is 14.1. The van der Waals surface area contributed by atoms with Crippen LogP contribution in [0.3, 0.4) is 0 Å². The van der Waals surface area contributed by atoms with Gasteiger partial charge in [-0.15, -0.1) is 0 Å². The number of benzene rings is 1. The van der Waals surface area contributed by atoms with E-state index in [4.69, 9.17) is 4.74 Å². The zero-order chi connectivity index (χ0) is 13.1. The van der Waals surface area contributed by atoms with E-state index in [0.717, 1.165) is 14.8 Å². The molecule has 1 aromatic carbocycles. The zero-order valence-corrected chi connectivity index (χ0v) is 13.9. The first-order valence-electron chi connectivity index (χ1n) is 5.22. The molecule has 0 atom stereocenters. The van der Waals surface area contributed by atoms with E-state index in [0.29, 0.717) is 5.69 Å². The van der Waals surface area contributed by atoms with Gasteiger partial charge in [0, 0.05) is 0 Å². The van der Waals surface area contributed by atoms with E-state index >= 15 is 0 Å². The lowest BCUT2D eigenvalue weighted by Gasteiger charge is -2.02. The molecule has 18 heavy (non-hydrogen) atoms. The molecule has 1 aromatic heterocycles. The second-order valence-corrected chi connectivity index (χ2v) is 5.66. The molecule has 0 saturated heterocycles. The van der Waals surface area contributed by atoms with Gasteiger partial charge in [0.15, 0.2) is 5.69 Å². The lowest BCUT2D eigenvalue weighted by atomic mass is 10.2. The van der Waals surface area contributed by atoms with Gasteiger partial charge >= 0.3 is 5.97 Å². The van der Waals surface area contributed by atoms with Crippen molar-refractivity contribution >= 4 is 51.4 Å². The SMILES string of the molecule is Cc1c(I)c(C(=O)OCc2ccccc2)nn1I. The monoisotopic (exact) mass is 468 g/mol. The minimum Gasteiger partial charge on any atom is -0.456 e. The van der Waals surface area contributed by atoms with Gasteiger partial charge in [-0.05, 0) is 35.1 Å². The van der Waals surface area contributed by atoms with Crippen molar-refractivity contribution in [1.29, 1.82) is 0 Å². The van der Waals surface area contributed by atoms with Crippen molar-refractivity contribution in [3.05, 3.63) is 50.9 Å². The number of aromatic nitrogens is 2. The maximum absolute atomic E-state index is 11.9. The summed E-state index contributed by atoms with van der Waals surface area (Å²) >= 11 is 4.14. The third kappa shape index (κ3) is 3.02. The molecular formula is C12H10I2N2O2. The summed E-state index contributed by atoms with van der Waals surface area (Å²) in [4.78, 5) is 11.9.